The minimum absolute atomic E-state index is 0.0107. The lowest BCUT2D eigenvalue weighted by molar-refractivity contribution is -0.137. The number of carboxylic acids is 1. The van der Waals surface area contributed by atoms with Crippen molar-refractivity contribution in [3.63, 3.8) is 0 Å². The van der Waals surface area contributed by atoms with Crippen LogP contribution in [0.25, 0.3) is 0 Å². The summed E-state index contributed by atoms with van der Waals surface area (Å²) in [6, 6.07) is 3.57. The van der Waals surface area contributed by atoms with Crippen LogP contribution in [0.2, 0.25) is 0 Å². The lowest BCUT2D eigenvalue weighted by atomic mass is 10.2. The Bertz CT molecular complexity index is 523. The highest BCUT2D eigenvalue weighted by atomic mass is 79.9. The highest BCUT2D eigenvalue weighted by Gasteiger charge is 2.18. The van der Waals surface area contributed by atoms with Crippen molar-refractivity contribution in [3.8, 4) is 0 Å². The maximum absolute atomic E-state index is 13.0. The Labute approximate surface area is 131 Å². The van der Waals surface area contributed by atoms with Crippen molar-refractivity contribution in [1.29, 1.82) is 0 Å². The van der Waals surface area contributed by atoms with Gasteiger partial charge in [-0.25, -0.2) is 9.18 Å². The van der Waals surface area contributed by atoms with E-state index in [-0.39, 0.29) is 18.5 Å². The quantitative estimate of drug-likeness (QED) is 0.812. The van der Waals surface area contributed by atoms with Gasteiger partial charge in [-0.15, -0.1) is 0 Å². The van der Waals surface area contributed by atoms with Crippen LogP contribution >= 0.6 is 15.9 Å². The number of anilines is 1. The molecule has 7 heteroatoms. The first kappa shape index (κ1) is 17.4. The predicted octanol–water partition coefficient (Wildman–Crippen LogP) is 3.70. The van der Waals surface area contributed by atoms with E-state index >= 15 is 0 Å². The van der Waals surface area contributed by atoms with E-state index in [4.69, 9.17) is 5.11 Å². The van der Waals surface area contributed by atoms with Crippen LogP contribution in [-0.4, -0.2) is 34.6 Å². The van der Waals surface area contributed by atoms with E-state index < -0.39 is 11.8 Å². The second-order valence-corrected chi connectivity index (χ2v) is 5.69. The lowest BCUT2D eigenvalue weighted by Crippen LogP contribution is -2.40. The summed E-state index contributed by atoms with van der Waals surface area (Å²) < 4.78 is 13.5. The smallest absolute Gasteiger partial charge is 0.322 e. The van der Waals surface area contributed by atoms with Gasteiger partial charge < -0.3 is 15.3 Å². The van der Waals surface area contributed by atoms with E-state index in [2.05, 4.69) is 21.2 Å². The van der Waals surface area contributed by atoms with E-state index in [0.717, 1.165) is 0 Å². The molecule has 0 spiro atoms. The molecule has 0 aliphatic carbocycles. The Morgan fingerprint density at radius 3 is 2.62 bits per heavy atom. The van der Waals surface area contributed by atoms with Crippen LogP contribution < -0.4 is 5.32 Å². The first-order chi connectivity index (χ1) is 9.81. The zero-order valence-electron chi connectivity index (χ0n) is 11.9. The molecule has 0 aromatic heterocycles. The summed E-state index contributed by atoms with van der Waals surface area (Å²) in [6.45, 7) is 4.04. The number of hydrogen-bond donors (Lipinski definition) is 2. The molecule has 5 nitrogen and oxygen atoms in total. The maximum atomic E-state index is 13.0. The highest BCUT2D eigenvalue weighted by Crippen LogP contribution is 2.23. The number of nitrogens with zero attached hydrogens (tertiary/aromatic N) is 1. The van der Waals surface area contributed by atoms with Gasteiger partial charge in [0.15, 0.2) is 0 Å². The van der Waals surface area contributed by atoms with Crippen molar-refractivity contribution in [2.24, 2.45) is 0 Å². The normalized spacial score (nSPS) is 10.5. The third-order valence-corrected chi connectivity index (χ3v) is 3.50. The number of amides is 2. The van der Waals surface area contributed by atoms with Crippen molar-refractivity contribution in [3.05, 3.63) is 28.5 Å². The van der Waals surface area contributed by atoms with Crippen LogP contribution in [0.3, 0.4) is 0 Å². The van der Waals surface area contributed by atoms with E-state index in [0.29, 0.717) is 23.1 Å². The third-order valence-electron chi connectivity index (χ3n) is 2.85. The highest BCUT2D eigenvalue weighted by molar-refractivity contribution is 9.10. The van der Waals surface area contributed by atoms with Crippen molar-refractivity contribution in [1.82, 2.24) is 4.90 Å². The number of urea groups is 1. The average Bonchev–Trinajstić information content (AvgIpc) is 2.37. The Balaban J connectivity index is 2.70. The van der Waals surface area contributed by atoms with Crippen molar-refractivity contribution in [2.75, 3.05) is 11.9 Å². The molecule has 0 saturated heterocycles. The Hall–Kier alpha value is -1.63. The maximum Gasteiger partial charge on any atom is 0.322 e. The molecule has 0 aliphatic heterocycles. The predicted molar refractivity (Wildman–Crippen MR) is 81.8 cm³/mol. The first-order valence-electron chi connectivity index (χ1n) is 6.55. The molecule has 0 bridgehead atoms. The minimum Gasteiger partial charge on any atom is -0.481 e. The summed E-state index contributed by atoms with van der Waals surface area (Å²) in [5.41, 5.74) is 0.463. The van der Waals surface area contributed by atoms with Gasteiger partial charge in [0.25, 0.3) is 0 Å². The summed E-state index contributed by atoms with van der Waals surface area (Å²) in [5.74, 6) is -1.29. The molecule has 0 atom stereocenters. The number of rotatable bonds is 6. The number of carbonyl (C=O) groups is 2. The molecular formula is C14H18BrFN2O3. The number of aliphatic carboxylic acids is 1. The van der Waals surface area contributed by atoms with E-state index in [1.807, 2.05) is 13.8 Å². The summed E-state index contributed by atoms with van der Waals surface area (Å²) in [7, 11) is 0. The van der Waals surface area contributed by atoms with Gasteiger partial charge in [0.1, 0.15) is 5.82 Å². The average molecular weight is 361 g/mol. The summed E-state index contributed by atoms with van der Waals surface area (Å²) in [4.78, 5) is 24.3. The van der Waals surface area contributed by atoms with Crippen molar-refractivity contribution < 1.29 is 19.1 Å². The summed E-state index contributed by atoms with van der Waals surface area (Å²) in [6.07, 6.45) is 0.391. The van der Waals surface area contributed by atoms with E-state index in [1.54, 1.807) is 4.90 Å². The number of hydrogen-bond acceptors (Lipinski definition) is 2. The number of carbonyl (C=O) groups excluding carboxylic acids is 1. The van der Waals surface area contributed by atoms with Gasteiger partial charge in [0, 0.05) is 23.5 Å². The molecule has 116 valence electrons. The molecule has 1 rings (SSSR count). The Morgan fingerprint density at radius 1 is 1.43 bits per heavy atom. The molecule has 0 fully saturated rings. The molecule has 0 aliphatic rings. The molecule has 0 saturated carbocycles. The van der Waals surface area contributed by atoms with Gasteiger partial charge in [-0.3, -0.25) is 4.79 Å². The van der Waals surface area contributed by atoms with Gasteiger partial charge in [-0.05, 0) is 54.4 Å². The standard InChI is InChI=1S/C14H18BrFN2O3/c1-9(2)18(7-3-4-13(19)20)14(21)17-12-6-5-10(16)8-11(12)15/h5-6,8-9H,3-4,7H2,1-2H3,(H,17,21)(H,19,20). The largest absolute Gasteiger partial charge is 0.481 e. The summed E-state index contributed by atoms with van der Waals surface area (Å²) in [5, 5.41) is 11.3. The fourth-order valence-corrected chi connectivity index (χ4v) is 2.22. The second-order valence-electron chi connectivity index (χ2n) is 4.84. The van der Waals surface area contributed by atoms with Crippen LogP contribution in [0.5, 0.6) is 0 Å². The van der Waals surface area contributed by atoms with Crippen LogP contribution in [0.1, 0.15) is 26.7 Å². The van der Waals surface area contributed by atoms with Gasteiger partial charge >= 0.3 is 12.0 Å². The van der Waals surface area contributed by atoms with Crippen molar-refractivity contribution in [2.45, 2.75) is 32.7 Å². The Morgan fingerprint density at radius 2 is 2.10 bits per heavy atom. The van der Waals surface area contributed by atoms with Crippen molar-refractivity contribution >= 4 is 33.6 Å². The number of halogens is 2. The SMILES string of the molecule is CC(C)N(CCCC(=O)O)C(=O)Nc1ccc(F)cc1Br. The van der Waals surface area contributed by atoms with Gasteiger partial charge in [0.05, 0.1) is 5.69 Å². The molecular weight excluding hydrogens is 343 g/mol. The van der Waals surface area contributed by atoms with Gasteiger partial charge in [0.2, 0.25) is 0 Å². The topological polar surface area (TPSA) is 69.6 Å². The molecule has 1 aromatic carbocycles. The zero-order valence-corrected chi connectivity index (χ0v) is 13.5. The van der Waals surface area contributed by atoms with E-state index in [9.17, 15) is 14.0 Å². The van der Waals surface area contributed by atoms with Crippen LogP contribution in [0.15, 0.2) is 22.7 Å². The molecule has 2 amide bonds. The van der Waals surface area contributed by atoms with Crippen LogP contribution in [0.4, 0.5) is 14.9 Å². The molecule has 2 N–H and O–H groups in total. The molecule has 21 heavy (non-hydrogen) atoms. The van der Waals surface area contributed by atoms with E-state index in [1.165, 1.54) is 18.2 Å². The van der Waals surface area contributed by atoms with Gasteiger partial charge in [-0.1, -0.05) is 0 Å². The Kier molecular flexibility index (Phi) is 6.61. The summed E-state index contributed by atoms with van der Waals surface area (Å²) >= 11 is 3.18. The van der Waals surface area contributed by atoms with Crippen LogP contribution in [-0.2, 0) is 4.79 Å². The molecule has 1 aromatic rings. The lowest BCUT2D eigenvalue weighted by Gasteiger charge is -2.27. The molecule has 0 radical (unpaired) electrons. The third kappa shape index (κ3) is 5.71. The number of carboxylic acid groups (broad SMARTS) is 1. The van der Waals surface area contributed by atoms with Gasteiger partial charge in [-0.2, -0.15) is 0 Å². The second kappa shape index (κ2) is 7.97. The molecule has 0 unspecified atom stereocenters. The minimum atomic E-state index is -0.889. The van der Waals surface area contributed by atoms with Crippen LogP contribution in [0, 0.1) is 5.82 Å². The first-order valence-corrected chi connectivity index (χ1v) is 7.35. The fraction of sp³-hybridized carbons (Fsp3) is 0.429. The zero-order chi connectivity index (χ0) is 16.0. The number of benzene rings is 1. The fourth-order valence-electron chi connectivity index (χ4n) is 1.77. The molecule has 0 heterocycles. The number of nitrogens with one attached hydrogen (secondary N) is 1. The monoisotopic (exact) mass is 360 g/mol.